The smallest absolute Gasteiger partial charge is 0.153 e. The molecule has 0 saturated carbocycles. The molecule has 0 aliphatic carbocycles. The number of aromatic nitrogens is 3. The molecule has 0 radical (unpaired) electrons. The average Bonchev–Trinajstić information content (AvgIpc) is 2.77. The molecule has 0 aromatic carbocycles. The summed E-state index contributed by atoms with van der Waals surface area (Å²) >= 11 is 6.27. The summed E-state index contributed by atoms with van der Waals surface area (Å²) in [4.78, 5) is 6.29. The van der Waals surface area contributed by atoms with Gasteiger partial charge in [-0.25, -0.2) is 4.98 Å². The van der Waals surface area contributed by atoms with E-state index >= 15 is 0 Å². The second-order valence-electron chi connectivity index (χ2n) is 4.73. The summed E-state index contributed by atoms with van der Waals surface area (Å²) in [6.07, 6.45) is 3.65. The molecule has 1 unspecified atom stereocenters. The molecule has 0 spiro atoms. The van der Waals surface area contributed by atoms with E-state index in [1.165, 1.54) is 0 Å². The predicted octanol–water partition coefficient (Wildman–Crippen LogP) is 2.65. The van der Waals surface area contributed by atoms with Crippen LogP contribution in [-0.2, 0) is 7.05 Å². The molecule has 0 bridgehead atoms. The van der Waals surface area contributed by atoms with Crippen LogP contribution in [0.2, 0.25) is 5.15 Å². The maximum absolute atomic E-state index is 6.27. The van der Waals surface area contributed by atoms with Crippen molar-refractivity contribution in [3.05, 3.63) is 23.2 Å². The molecule has 1 aliphatic heterocycles. The minimum Gasteiger partial charge on any atom is -0.494 e. The summed E-state index contributed by atoms with van der Waals surface area (Å²) in [6, 6.07) is 0.148. The molecule has 2 aromatic heterocycles. The van der Waals surface area contributed by atoms with Gasteiger partial charge in [0.05, 0.1) is 36.3 Å². The van der Waals surface area contributed by atoms with Crippen LogP contribution in [0.25, 0.3) is 11.1 Å². The number of aryl methyl sites for hydroxylation is 1. The van der Waals surface area contributed by atoms with Gasteiger partial charge in [0.2, 0.25) is 0 Å². The quantitative estimate of drug-likeness (QED) is 0.752. The van der Waals surface area contributed by atoms with Crippen molar-refractivity contribution in [3.8, 4) is 16.9 Å². The van der Waals surface area contributed by atoms with Gasteiger partial charge in [0.15, 0.2) is 5.15 Å². The van der Waals surface area contributed by atoms with E-state index in [-0.39, 0.29) is 6.04 Å². The molecular formula is C13H15ClN4O. The summed E-state index contributed by atoms with van der Waals surface area (Å²) in [5.41, 5.74) is 3.95. The summed E-state index contributed by atoms with van der Waals surface area (Å²) in [5.74, 6) is 0.715. The summed E-state index contributed by atoms with van der Waals surface area (Å²) in [6.45, 7) is 2.10. The number of methoxy groups -OCH3 is 1. The fourth-order valence-electron chi connectivity index (χ4n) is 2.58. The number of halogens is 1. The Bertz CT molecular complexity index is 652. The molecule has 1 atom stereocenters. The van der Waals surface area contributed by atoms with E-state index in [0.29, 0.717) is 10.9 Å². The van der Waals surface area contributed by atoms with Crippen LogP contribution in [0.5, 0.6) is 5.75 Å². The average molecular weight is 279 g/mol. The minimum absolute atomic E-state index is 0.148. The lowest BCUT2D eigenvalue weighted by Gasteiger charge is -2.33. The third-order valence-corrected chi connectivity index (χ3v) is 3.93. The van der Waals surface area contributed by atoms with E-state index in [0.717, 1.165) is 22.5 Å². The molecule has 0 saturated heterocycles. The SMILES string of the molecule is COc1cnc(Cl)c2c1-c1cn(C)nc1C(C)N2C. The fourth-order valence-corrected chi connectivity index (χ4v) is 2.86. The molecule has 100 valence electrons. The number of anilines is 1. The highest BCUT2D eigenvalue weighted by atomic mass is 35.5. The molecule has 3 rings (SSSR count). The summed E-state index contributed by atoms with van der Waals surface area (Å²) < 4.78 is 7.25. The van der Waals surface area contributed by atoms with Crippen LogP contribution >= 0.6 is 11.6 Å². The van der Waals surface area contributed by atoms with Crippen molar-refractivity contribution < 1.29 is 4.74 Å². The van der Waals surface area contributed by atoms with Gasteiger partial charge >= 0.3 is 0 Å². The molecular weight excluding hydrogens is 264 g/mol. The van der Waals surface area contributed by atoms with E-state index in [2.05, 4.69) is 21.9 Å². The van der Waals surface area contributed by atoms with Gasteiger partial charge in [-0.05, 0) is 6.92 Å². The number of fused-ring (bicyclic) bond motifs is 3. The maximum Gasteiger partial charge on any atom is 0.153 e. The maximum atomic E-state index is 6.27. The Morgan fingerprint density at radius 2 is 2.11 bits per heavy atom. The highest BCUT2D eigenvalue weighted by Gasteiger charge is 2.33. The Labute approximate surface area is 116 Å². The zero-order chi connectivity index (χ0) is 13.7. The van der Waals surface area contributed by atoms with Crippen molar-refractivity contribution in [3.63, 3.8) is 0 Å². The first-order valence-corrected chi connectivity index (χ1v) is 6.41. The van der Waals surface area contributed by atoms with E-state index in [1.807, 2.05) is 25.0 Å². The normalized spacial score (nSPS) is 17.1. The van der Waals surface area contributed by atoms with Gasteiger partial charge in [0.25, 0.3) is 0 Å². The van der Waals surface area contributed by atoms with E-state index in [9.17, 15) is 0 Å². The topological polar surface area (TPSA) is 43.2 Å². The predicted molar refractivity (Wildman–Crippen MR) is 74.8 cm³/mol. The fraction of sp³-hybridized carbons (Fsp3) is 0.385. The van der Waals surface area contributed by atoms with Crippen molar-refractivity contribution in [1.29, 1.82) is 0 Å². The van der Waals surface area contributed by atoms with Crippen LogP contribution in [0.1, 0.15) is 18.7 Å². The van der Waals surface area contributed by atoms with Crippen molar-refractivity contribution in [2.45, 2.75) is 13.0 Å². The Kier molecular flexibility index (Phi) is 2.67. The molecule has 0 amide bonds. The lowest BCUT2D eigenvalue weighted by Crippen LogP contribution is -2.27. The lowest BCUT2D eigenvalue weighted by molar-refractivity contribution is 0.414. The highest BCUT2D eigenvalue weighted by molar-refractivity contribution is 6.33. The zero-order valence-corrected chi connectivity index (χ0v) is 12.1. The van der Waals surface area contributed by atoms with Gasteiger partial charge in [-0.1, -0.05) is 11.6 Å². The number of rotatable bonds is 1. The van der Waals surface area contributed by atoms with Gasteiger partial charge in [0, 0.05) is 25.9 Å². The summed E-state index contributed by atoms with van der Waals surface area (Å²) in [5, 5.41) is 5.03. The van der Waals surface area contributed by atoms with Crippen LogP contribution in [0.3, 0.4) is 0 Å². The molecule has 0 fully saturated rings. The summed E-state index contributed by atoms with van der Waals surface area (Å²) in [7, 11) is 5.55. The second-order valence-corrected chi connectivity index (χ2v) is 5.09. The van der Waals surface area contributed by atoms with Gasteiger partial charge < -0.3 is 9.64 Å². The van der Waals surface area contributed by atoms with E-state index in [1.54, 1.807) is 13.3 Å². The molecule has 5 nitrogen and oxygen atoms in total. The van der Waals surface area contributed by atoms with Crippen molar-refractivity contribution >= 4 is 17.3 Å². The van der Waals surface area contributed by atoms with Gasteiger partial charge in [-0.2, -0.15) is 5.10 Å². The van der Waals surface area contributed by atoms with E-state index < -0.39 is 0 Å². The third kappa shape index (κ3) is 1.61. The minimum atomic E-state index is 0.148. The third-order valence-electron chi connectivity index (χ3n) is 3.65. The van der Waals surface area contributed by atoms with Crippen LogP contribution in [0.15, 0.2) is 12.4 Å². The Balaban J connectivity index is 2.39. The Morgan fingerprint density at radius 3 is 2.79 bits per heavy atom. The van der Waals surface area contributed by atoms with Crippen molar-refractivity contribution in [2.75, 3.05) is 19.1 Å². The molecule has 6 heteroatoms. The molecule has 2 aromatic rings. The zero-order valence-electron chi connectivity index (χ0n) is 11.3. The number of hydrogen-bond acceptors (Lipinski definition) is 4. The molecule has 0 N–H and O–H groups in total. The Hall–Kier alpha value is -1.75. The second kappa shape index (κ2) is 4.13. The lowest BCUT2D eigenvalue weighted by atomic mass is 9.95. The van der Waals surface area contributed by atoms with Gasteiger partial charge in [-0.3, -0.25) is 4.68 Å². The standard InChI is InChI=1S/C13H15ClN4O/c1-7-11-8(6-17(2)16-11)10-9(19-4)5-15-13(14)12(10)18(7)3/h5-7H,1-4H3. The number of nitrogens with zero attached hydrogens (tertiary/aromatic N) is 4. The number of ether oxygens (including phenoxy) is 1. The van der Waals surface area contributed by atoms with Gasteiger partial charge in [0.1, 0.15) is 5.75 Å². The van der Waals surface area contributed by atoms with Crippen LogP contribution < -0.4 is 9.64 Å². The first-order chi connectivity index (χ1) is 9.04. The molecule has 19 heavy (non-hydrogen) atoms. The van der Waals surface area contributed by atoms with Gasteiger partial charge in [-0.15, -0.1) is 0 Å². The number of hydrogen-bond donors (Lipinski definition) is 0. The van der Waals surface area contributed by atoms with Crippen molar-refractivity contribution in [2.24, 2.45) is 7.05 Å². The Morgan fingerprint density at radius 1 is 1.37 bits per heavy atom. The first kappa shape index (κ1) is 12.3. The monoisotopic (exact) mass is 278 g/mol. The van der Waals surface area contributed by atoms with Crippen LogP contribution in [0, 0.1) is 0 Å². The molecule has 1 aliphatic rings. The number of pyridine rings is 1. The van der Waals surface area contributed by atoms with Crippen LogP contribution in [-0.4, -0.2) is 28.9 Å². The van der Waals surface area contributed by atoms with E-state index in [4.69, 9.17) is 16.3 Å². The van der Waals surface area contributed by atoms with Crippen molar-refractivity contribution in [1.82, 2.24) is 14.8 Å². The first-order valence-electron chi connectivity index (χ1n) is 6.03. The molecule has 3 heterocycles. The largest absolute Gasteiger partial charge is 0.494 e. The highest BCUT2D eigenvalue weighted by Crippen LogP contribution is 2.49. The van der Waals surface area contributed by atoms with Crippen LogP contribution in [0.4, 0.5) is 5.69 Å².